The largest absolute Gasteiger partial charge is 0.311 e. The maximum absolute atomic E-state index is 4.08. The number of nitrogens with one attached hydrogen (secondary N) is 1. The van der Waals surface area contributed by atoms with Crippen LogP contribution >= 0.6 is 0 Å². The van der Waals surface area contributed by atoms with Gasteiger partial charge in [-0.2, -0.15) is 0 Å². The van der Waals surface area contributed by atoms with Crippen LogP contribution in [0.1, 0.15) is 84.0 Å². The summed E-state index contributed by atoms with van der Waals surface area (Å²) in [5.41, 5.74) is 0. The molecule has 3 rings (SSSR count). The van der Waals surface area contributed by atoms with E-state index >= 15 is 0 Å². The van der Waals surface area contributed by atoms with E-state index in [1.807, 2.05) is 0 Å². The lowest BCUT2D eigenvalue weighted by Gasteiger charge is -2.41. The summed E-state index contributed by atoms with van der Waals surface area (Å²) >= 11 is 0. The normalized spacial score (nSPS) is 44.4. The third-order valence-corrected chi connectivity index (χ3v) is 6.35. The van der Waals surface area contributed by atoms with Crippen LogP contribution in [-0.4, -0.2) is 12.1 Å². The molecule has 3 fully saturated rings. The minimum atomic E-state index is 0.827. The molecule has 0 aromatic carbocycles. The van der Waals surface area contributed by atoms with Gasteiger partial charge in [-0.05, 0) is 49.9 Å². The van der Waals surface area contributed by atoms with Crippen molar-refractivity contribution in [2.45, 2.75) is 96.1 Å². The SMILES string of the molecule is CC1CCCCCC1NC1CCC2CCCCC2C1. The second-order valence-electron chi connectivity index (χ2n) is 7.70. The minimum Gasteiger partial charge on any atom is -0.311 e. The molecular formula is C18H33N. The molecule has 110 valence electrons. The summed E-state index contributed by atoms with van der Waals surface area (Å²) in [6.07, 6.45) is 17.9. The van der Waals surface area contributed by atoms with Crippen LogP contribution in [0.2, 0.25) is 0 Å². The van der Waals surface area contributed by atoms with Gasteiger partial charge in [0.05, 0.1) is 0 Å². The van der Waals surface area contributed by atoms with Crippen molar-refractivity contribution in [3.63, 3.8) is 0 Å². The van der Waals surface area contributed by atoms with E-state index in [-0.39, 0.29) is 0 Å². The Balaban J connectivity index is 1.52. The van der Waals surface area contributed by atoms with E-state index in [2.05, 4.69) is 12.2 Å². The molecule has 0 saturated heterocycles. The van der Waals surface area contributed by atoms with Crippen LogP contribution in [0.5, 0.6) is 0 Å². The molecule has 3 saturated carbocycles. The van der Waals surface area contributed by atoms with Crippen molar-refractivity contribution in [2.24, 2.45) is 17.8 Å². The van der Waals surface area contributed by atoms with Gasteiger partial charge in [-0.3, -0.25) is 0 Å². The van der Waals surface area contributed by atoms with Crippen molar-refractivity contribution in [1.29, 1.82) is 0 Å². The van der Waals surface area contributed by atoms with Crippen molar-refractivity contribution in [2.75, 3.05) is 0 Å². The van der Waals surface area contributed by atoms with E-state index in [1.165, 1.54) is 77.0 Å². The maximum atomic E-state index is 4.08. The second kappa shape index (κ2) is 6.61. The predicted molar refractivity (Wildman–Crippen MR) is 82.3 cm³/mol. The summed E-state index contributed by atoms with van der Waals surface area (Å²) in [5, 5.41) is 4.08. The molecule has 0 spiro atoms. The van der Waals surface area contributed by atoms with Gasteiger partial charge in [0.2, 0.25) is 0 Å². The first-order valence-corrected chi connectivity index (χ1v) is 9.09. The fourth-order valence-corrected chi connectivity index (χ4v) is 5.07. The highest BCUT2D eigenvalue weighted by atomic mass is 15.0. The predicted octanol–water partition coefficient (Wildman–Crippen LogP) is 4.90. The Morgan fingerprint density at radius 1 is 0.684 bits per heavy atom. The van der Waals surface area contributed by atoms with Gasteiger partial charge in [-0.25, -0.2) is 0 Å². The van der Waals surface area contributed by atoms with E-state index in [4.69, 9.17) is 0 Å². The monoisotopic (exact) mass is 263 g/mol. The molecule has 0 radical (unpaired) electrons. The summed E-state index contributed by atoms with van der Waals surface area (Å²) < 4.78 is 0. The van der Waals surface area contributed by atoms with Crippen LogP contribution in [0.4, 0.5) is 0 Å². The van der Waals surface area contributed by atoms with Gasteiger partial charge in [0, 0.05) is 12.1 Å². The van der Waals surface area contributed by atoms with E-state index in [0.29, 0.717) is 0 Å². The lowest BCUT2D eigenvalue weighted by Crippen LogP contribution is -2.45. The molecule has 3 aliphatic rings. The van der Waals surface area contributed by atoms with E-state index in [1.54, 1.807) is 0 Å². The topological polar surface area (TPSA) is 12.0 Å². The third-order valence-electron chi connectivity index (χ3n) is 6.35. The zero-order valence-corrected chi connectivity index (χ0v) is 12.9. The molecule has 1 heteroatoms. The highest BCUT2D eigenvalue weighted by Gasteiger charge is 2.33. The van der Waals surface area contributed by atoms with Gasteiger partial charge in [0.25, 0.3) is 0 Å². The first-order valence-electron chi connectivity index (χ1n) is 9.09. The van der Waals surface area contributed by atoms with E-state index in [9.17, 15) is 0 Å². The molecule has 0 heterocycles. The standard InChI is InChI=1S/C18H33N/c1-14-7-3-2-4-10-18(14)19-17-12-11-15-8-5-6-9-16(15)13-17/h14-19H,2-13H2,1H3. The highest BCUT2D eigenvalue weighted by Crippen LogP contribution is 2.40. The summed E-state index contributed by atoms with van der Waals surface area (Å²) in [4.78, 5) is 0. The van der Waals surface area contributed by atoms with Crippen molar-refractivity contribution < 1.29 is 0 Å². The van der Waals surface area contributed by atoms with E-state index in [0.717, 1.165) is 29.8 Å². The van der Waals surface area contributed by atoms with Gasteiger partial charge >= 0.3 is 0 Å². The molecule has 0 aromatic heterocycles. The Kier molecular flexibility index (Phi) is 4.84. The number of hydrogen-bond donors (Lipinski definition) is 1. The van der Waals surface area contributed by atoms with Crippen LogP contribution in [0, 0.1) is 17.8 Å². The summed E-state index contributed by atoms with van der Waals surface area (Å²) in [6, 6.07) is 1.68. The number of fused-ring (bicyclic) bond motifs is 1. The highest BCUT2D eigenvalue weighted by molar-refractivity contribution is 4.89. The fourth-order valence-electron chi connectivity index (χ4n) is 5.07. The zero-order chi connectivity index (χ0) is 13.1. The molecule has 5 atom stereocenters. The molecule has 3 aliphatic carbocycles. The molecule has 1 nitrogen and oxygen atoms in total. The van der Waals surface area contributed by atoms with Crippen LogP contribution < -0.4 is 5.32 Å². The van der Waals surface area contributed by atoms with Crippen LogP contribution in [0.15, 0.2) is 0 Å². The number of hydrogen-bond acceptors (Lipinski definition) is 1. The third kappa shape index (κ3) is 3.54. The Labute approximate surface area is 119 Å². The Morgan fingerprint density at radius 3 is 2.32 bits per heavy atom. The number of rotatable bonds is 2. The van der Waals surface area contributed by atoms with Gasteiger partial charge in [0.15, 0.2) is 0 Å². The van der Waals surface area contributed by atoms with Crippen molar-refractivity contribution in [3.05, 3.63) is 0 Å². The Morgan fingerprint density at radius 2 is 1.42 bits per heavy atom. The smallest absolute Gasteiger partial charge is 0.00952 e. The minimum absolute atomic E-state index is 0.827. The quantitative estimate of drug-likeness (QED) is 0.698. The van der Waals surface area contributed by atoms with Gasteiger partial charge < -0.3 is 5.32 Å². The Bertz CT molecular complexity index is 275. The molecule has 5 unspecified atom stereocenters. The zero-order valence-electron chi connectivity index (χ0n) is 12.9. The first kappa shape index (κ1) is 13.9. The van der Waals surface area contributed by atoms with E-state index < -0.39 is 0 Å². The summed E-state index contributed by atoms with van der Waals surface area (Å²) in [7, 11) is 0. The lowest BCUT2D eigenvalue weighted by molar-refractivity contribution is 0.132. The fraction of sp³-hybridized carbons (Fsp3) is 1.00. The van der Waals surface area contributed by atoms with Gasteiger partial charge in [-0.1, -0.05) is 51.9 Å². The molecule has 1 N–H and O–H groups in total. The second-order valence-corrected chi connectivity index (χ2v) is 7.70. The molecule has 0 bridgehead atoms. The maximum Gasteiger partial charge on any atom is 0.00952 e. The van der Waals surface area contributed by atoms with Crippen molar-refractivity contribution in [1.82, 2.24) is 5.32 Å². The first-order chi connectivity index (χ1) is 9.33. The average Bonchev–Trinajstić information content (AvgIpc) is 2.64. The van der Waals surface area contributed by atoms with Crippen LogP contribution in [-0.2, 0) is 0 Å². The molecule has 0 aliphatic heterocycles. The molecular weight excluding hydrogens is 230 g/mol. The van der Waals surface area contributed by atoms with Crippen LogP contribution in [0.25, 0.3) is 0 Å². The van der Waals surface area contributed by atoms with Crippen molar-refractivity contribution in [3.8, 4) is 0 Å². The summed E-state index contributed by atoms with van der Waals surface area (Å²) in [6.45, 7) is 2.48. The molecule has 0 amide bonds. The molecule has 0 aromatic rings. The summed E-state index contributed by atoms with van der Waals surface area (Å²) in [5.74, 6) is 3.08. The van der Waals surface area contributed by atoms with Crippen molar-refractivity contribution >= 4 is 0 Å². The average molecular weight is 263 g/mol. The lowest BCUT2D eigenvalue weighted by atomic mass is 9.69. The molecule has 19 heavy (non-hydrogen) atoms. The van der Waals surface area contributed by atoms with Gasteiger partial charge in [0.1, 0.15) is 0 Å². The van der Waals surface area contributed by atoms with Crippen LogP contribution in [0.3, 0.4) is 0 Å². The Hall–Kier alpha value is -0.0400. The van der Waals surface area contributed by atoms with Gasteiger partial charge in [-0.15, -0.1) is 0 Å².